The third-order valence-corrected chi connectivity index (χ3v) is 5.86. The van der Waals surface area contributed by atoms with Gasteiger partial charge in [0.15, 0.2) is 6.61 Å². The number of benzene rings is 1. The van der Waals surface area contributed by atoms with Crippen molar-refractivity contribution in [1.29, 1.82) is 0 Å². The smallest absolute Gasteiger partial charge is 0.355 e. The Morgan fingerprint density at radius 1 is 1.30 bits per heavy atom. The third-order valence-electron chi connectivity index (χ3n) is 4.23. The lowest BCUT2D eigenvalue weighted by Gasteiger charge is -2.49. The first-order valence-corrected chi connectivity index (χ1v) is 10.9. The molecule has 0 aromatic heterocycles. The average molecular weight is 492 g/mol. The Morgan fingerprint density at radius 3 is 2.63 bits per heavy atom. The van der Waals surface area contributed by atoms with Gasteiger partial charge in [-0.05, 0) is 17.7 Å². The molecule has 2 aliphatic rings. The van der Waals surface area contributed by atoms with Crippen LogP contribution in [0, 0.1) is 0 Å². The van der Waals surface area contributed by atoms with Gasteiger partial charge in [0.1, 0.15) is 29.5 Å². The molecule has 1 saturated heterocycles. The molecular weight excluding hydrogens is 475 g/mol. The number of β-lactam (4-membered cyclic amide) rings is 1. The molecule has 3 rings (SSSR count). The predicted octanol–water partition coefficient (Wildman–Crippen LogP) is 2.82. The number of allylic oxidation sites excluding steroid dienone is 1. The van der Waals surface area contributed by atoms with Crippen molar-refractivity contribution in [1.82, 2.24) is 10.2 Å². The summed E-state index contributed by atoms with van der Waals surface area (Å²) in [6.07, 6.45) is 1.47. The van der Waals surface area contributed by atoms with Crippen LogP contribution in [-0.4, -0.2) is 56.9 Å². The molecular formula is C19H17Cl3N2O5S. The van der Waals surface area contributed by atoms with E-state index in [2.05, 4.69) is 11.9 Å². The lowest BCUT2D eigenvalue weighted by molar-refractivity contribution is -0.153. The Morgan fingerprint density at radius 2 is 2.00 bits per heavy atom. The molecule has 0 radical (unpaired) electrons. The van der Waals surface area contributed by atoms with E-state index in [0.29, 0.717) is 17.1 Å². The molecule has 1 fully saturated rings. The molecule has 0 unspecified atom stereocenters. The summed E-state index contributed by atoms with van der Waals surface area (Å²) in [5.41, 5.74) is 0.565. The summed E-state index contributed by atoms with van der Waals surface area (Å²) in [7, 11) is 0. The summed E-state index contributed by atoms with van der Waals surface area (Å²) >= 11 is 18.3. The molecule has 1 aromatic rings. The zero-order valence-corrected chi connectivity index (χ0v) is 18.6. The van der Waals surface area contributed by atoms with Gasteiger partial charge in [0.2, 0.25) is 3.79 Å². The highest BCUT2D eigenvalue weighted by Gasteiger charge is 2.54. The van der Waals surface area contributed by atoms with Crippen LogP contribution in [0.2, 0.25) is 0 Å². The molecule has 0 saturated carbocycles. The second-order valence-corrected chi connectivity index (χ2v) is 9.95. The number of amides is 2. The van der Waals surface area contributed by atoms with Crippen molar-refractivity contribution in [2.75, 3.05) is 19.0 Å². The van der Waals surface area contributed by atoms with E-state index in [1.807, 2.05) is 6.07 Å². The number of carbonyl (C=O) groups is 3. The number of ether oxygens (including phenoxy) is 2. The predicted molar refractivity (Wildman–Crippen MR) is 115 cm³/mol. The second-order valence-electron chi connectivity index (χ2n) is 6.33. The number of hydrogen-bond donors (Lipinski definition) is 1. The maximum absolute atomic E-state index is 12.7. The number of hydrogen-bond acceptors (Lipinski definition) is 6. The topological polar surface area (TPSA) is 84.9 Å². The fraction of sp³-hybridized carbons (Fsp3) is 0.316. The van der Waals surface area contributed by atoms with E-state index in [0.717, 1.165) is 0 Å². The number of alkyl halides is 3. The molecule has 11 heteroatoms. The maximum atomic E-state index is 12.7. The van der Waals surface area contributed by atoms with Gasteiger partial charge in [-0.2, -0.15) is 0 Å². The number of carbonyl (C=O) groups excluding carboxylic acids is 3. The Kier molecular flexibility index (Phi) is 7.23. The van der Waals surface area contributed by atoms with Crippen LogP contribution < -0.4 is 10.1 Å². The highest BCUT2D eigenvalue weighted by atomic mass is 35.6. The standard InChI is InChI=1S/C19H17Cl3N2O5S/c1-2-11-9-30-17-14(23-13(25)8-28-12-6-4-3-5-7-12)16(26)24(17)15(11)18(27)29-10-19(20,21)22/h2-7,14,17H,1,8-10H2,(H,23,25)/t14-,17-/m1/s1. The highest BCUT2D eigenvalue weighted by molar-refractivity contribution is 8.00. The van der Waals surface area contributed by atoms with Crippen LogP contribution >= 0.6 is 46.6 Å². The molecule has 0 spiro atoms. The Bertz CT molecular complexity index is 888. The summed E-state index contributed by atoms with van der Waals surface area (Å²) in [5.74, 6) is -0.745. The van der Waals surface area contributed by atoms with Crippen molar-refractivity contribution in [3.63, 3.8) is 0 Å². The minimum absolute atomic E-state index is 0.0408. The van der Waals surface area contributed by atoms with Crippen molar-refractivity contribution >= 4 is 64.3 Å². The SMILES string of the molecule is C=CC1=C(C(=O)OCC(Cl)(Cl)Cl)N2C(=O)[C@@H](NC(=O)COc3ccccc3)[C@H]2SC1. The van der Waals surface area contributed by atoms with Gasteiger partial charge in [0.25, 0.3) is 11.8 Å². The first-order chi connectivity index (χ1) is 14.2. The molecule has 1 N–H and O–H groups in total. The minimum atomic E-state index is -1.78. The number of rotatable bonds is 7. The molecule has 0 aliphatic carbocycles. The molecule has 30 heavy (non-hydrogen) atoms. The molecule has 2 amide bonds. The van der Waals surface area contributed by atoms with E-state index in [1.54, 1.807) is 24.3 Å². The Labute approximate surface area is 192 Å². The first-order valence-electron chi connectivity index (χ1n) is 8.72. The van der Waals surface area contributed by atoms with Crippen LogP contribution in [0.4, 0.5) is 0 Å². The van der Waals surface area contributed by atoms with Gasteiger partial charge in [0.05, 0.1) is 0 Å². The van der Waals surface area contributed by atoms with Crippen LogP contribution in [0.25, 0.3) is 0 Å². The van der Waals surface area contributed by atoms with Crippen molar-refractivity contribution < 1.29 is 23.9 Å². The van der Waals surface area contributed by atoms with Crippen molar-refractivity contribution in [3.8, 4) is 5.75 Å². The number of para-hydroxylation sites is 1. The highest BCUT2D eigenvalue weighted by Crippen LogP contribution is 2.41. The number of nitrogens with zero attached hydrogens (tertiary/aromatic N) is 1. The van der Waals surface area contributed by atoms with Gasteiger partial charge >= 0.3 is 5.97 Å². The van der Waals surface area contributed by atoms with Gasteiger partial charge in [-0.3, -0.25) is 14.5 Å². The second kappa shape index (κ2) is 9.51. The van der Waals surface area contributed by atoms with Gasteiger partial charge < -0.3 is 14.8 Å². The first kappa shape index (κ1) is 22.8. The van der Waals surface area contributed by atoms with Crippen LogP contribution in [0.5, 0.6) is 5.75 Å². The Hall–Kier alpha value is -1.87. The maximum Gasteiger partial charge on any atom is 0.355 e. The number of halogens is 3. The number of fused-ring (bicyclic) bond motifs is 1. The van der Waals surface area contributed by atoms with Crippen LogP contribution in [0.1, 0.15) is 0 Å². The molecule has 0 bridgehead atoms. The average Bonchev–Trinajstić information content (AvgIpc) is 2.73. The Balaban J connectivity index is 1.63. The zero-order valence-electron chi connectivity index (χ0n) is 15.5. The van der Waals surface area contributed by atoms with E-state index in [4.69, 9.17) is 44.3 Å². The number of nitrogens with one attached hydrogen (secondary N) is 1. The van der Waals surface area contributed by atoms with Gasteiger partial charge in [0, 0.05) is 5.75 Å². The van der Waals surface area contributed by atoms with E-state index in [-0.39, 0.29) is 12.3 Å². The largest absolute Gasteiger partial charge is 0.484 e. The number of esters is 1. The van der Waals surface area contributed by atoms with Crippen LogP contribution in [-0.2, 0) is 19.1 Å². The molecule has 160 valence electrons. The molecule has 2 aliphatic heterocycles. The lowest BCUT2D eigenvalue weighted by atomic mass is 10.0. The van der Waals surface area contributed by atoms with Crippen molar-refractivity contribution in [2.24, 2.45) is 0 Å². The molecule has 1 aromatic carbocycles. The van der Waals surface area contributed by atoms with E-state index >= 15 is 0 Å². The normalized spacial score (nSPS) is 20.8. The summed E-state index contributed by atoms with van der Waals surface area (Å²) in [6, 6.07) is 8.05. The monoisotopic (exact) mass is 490 g/mol. The fourth-order valence-corrected chi connectivity index (χ4v) is 4.39. The summed E-state index contributed by atoms with van der Waals surface area (Å²) < 4.78 is 8.64. The summed E-state index contributed by atoms with van der Waals surface area (Å²) in [4.78, 5) is 38.7. The summed E-state index contributed by atoms with van der Waals surface area (Å²) in [5, 5.41) is 2.18. The fourth-order valence-electron chi connectivity index (χ4n) is 2.89. The number of thioether (sulfide) groups is 1. The van der Waals surface area contributed by atoms with Crippen molar-refractivity contribution in [3.05, 3.63) is 54.3 Å². The molecule has 2 atom stereocenters. The van der Waals surface area contributed by atoms with Gasteiger partial charge in [-0.15, -0.1) is 11.8 Å². The molecule has 7 nitrogen and oxygen atoms in total. The van der Waals surface area contributed by atoms with E-state index in [1.165, 1.54) is 22.7 Å². The van der Waals surface area contributed by atoms with Crippen molar-refractivity contribution in [2.45, 2.75) is 15.2 Å². The van der Waals surface area contributed by atoms with Crippen LogP contribution in [0.15, 0.2) is 54.3 Å². The van der Waals surface area contributed by atoms with Gasteiger partial charge in [-0.1, -0.05) is 65.7 Å². The van der Waals surface area contributed by atoms with E-state index < -0.39 is 39.6 Å². The quantitative estimate of drug-likeness (QED) is 0.359. The third kappa shape index (κ3) is 5.24. The molecule has 2 heterocycles. The zero-order chi connectivity index (χ0) is 21.9. The lowest BCUT2D eigenvalue weighted by Crippen LogP contribution is -2.70. The summed E-state index contributed by atoms with van der Waals surface area (Å²) in [6.45, 7) is 2.96. The van der Waals surface area contributed by atoms with Crippen LogP contribution in [0.3, 0.4) is 0 Å². The van der Waals surface area contributed by atoms with E-state index in [9.17, 15) is 14.4 Å². The minimum Gasteiger partial charge on any atom is -0.484 e. The van der Waals surface area contributed by atoms with Gasteiger partial charge in [-0.25, -0.2) is 4.79 Å².